The molecule has 3 N–H and O–H groups in total. The average molecular weight is 448 g/mol. The average Bonchev–Trinajstić information content (AvgIpc) is 2.69. The number of benzene rings is 1. The number of carbonyl (C=O) groups is 3. The molecule has 1 aromatic rings. The first kappa shape index (κ1) is 27.0. The van der Waals surface area contributed by atoms with E-state index in [9.17, 15) is 19.5 Å². The van der Waals surface area contributed by atoms with Crippen LogP contribution in [0.3, 0.4) is 0 Å². The molecule has 0 saturated carbocycles. The molecule has 8 heteroatoms. The fraction of sp³-hybridized carbons (Fsp3) is 0.542. The van der Waals surface area contributed by atoms with Gasteiger partial charge in [0, 0.05) is 13.1 Å². The van der Waals surface area contributed by atoms with Gasteiger partial charge in [-0.1, -0.05) is 38.0 Å². The maximum Gasteiger partial charge on any atom is 0.408 e. The Hall–Kier alpha value is -3.03. The molecule has 0 bridgehead atoms. The third-order valence-electron chi connectivity index (χ3n) is 4.54. The molecule has 0 radical (unpaired) electrons. The number of hydrogen-bond acceptors (Lipinski definition) is 5. The van der Waals surface area contributed by atoms with E-state index in [4.69, 9.17) is 4.74 Å². The number of carbonyl (C=O) groups excluding carboxylic acids is 3. The number of phenols is 1. The minimum atomic E-state index is -1.00. The lowest BCUT2D eigenvalue weighted by molar-refractivity contribution is -0.141. The standard InChI is InChI=1S/C24H37N3O5/c1-7-9-10-14-25-21(29)20(18-12-11-13-19(28)16-18)27(15-8-2)22(30)17(3)26-23(31)32-24(4,5)6/h8,11-13,16-17,20,28H,2,7,9-10,14-15H2,1,3-6H3,(H,25,29)(H,26,31). The monoisotopic (exact) mass is 447 g/mol. The van der Waals surface area contributed by atoms with Crippen LogP contribution in [0.15, 0.2) is 36.9 Å². The summed E-state index contributed by atoms with van der Waals surface area (Å²) in [4.78, 5) is 39.9. The Bertz CT molecular complexity index is 788. The van der Waals surface area contributed by atoms with Crippen molar-refractivity contribution in [2.24, 2.45) is 0 Å². The van der Waals surface area contributed by atoms with Crippen LogP contribution in [0.4, 0.5) is 4.79 Å². The molecule has 1 aromatic carbocycles. The van der Waals surface area contributed by atoms with Crippen LogP contribution >= 0.6 is 0 Å². The lowest BCUT2D eigenvalue weighted by Gasteiger charge is -2.33. The van der Waals surface area contributed by atoms with Gasteiger partial charge < -0.3 is 25.4 Å². The molecule has 32 heavy (non-hydrogen) atoms. The lowest BCUT2D eigenvalue weighted by atomic mass is 10.0. The van der Waals surface area contributed by atoms with E-state index in [-0.39, 0.29) is 18.2 Å². The van der Waals surface area contributed by atoms with Gasteiger partial charge in [-0.05, 0) is 51.8 Å². The molecular formula is C24H37N3O5. The normalized spacial score (nSPS) is 12.9. The van der Waals surface area contributed by atoms with Crippen LogP contribution in [0.1, 0.15) is 65.5 Å². The molecule has 0 aliphatic carbocycles. The number of nitrogens with zero attached hydrogens (tertiary/aromatic N) is 1. The third-order valence-corrected chi connectivity index (χ3v) is 4.54. The summed E-state index contributed by atoms with van der Waals surface area (Å²) in [5.41, 5.74) is -0.256. The van der Waals surface area contributed by atoms with Crippen LogP contribution in [0.25, 0.3) is 0 Å². The first-order chi connectivity index (χ1) is 15.0. The van der Waals surface area contributed by atoms with Crippen molar-refractivity contribution in [3.05, 3.63) is 42.5 Å². The summed E-state index contributed by atoms with van der Waals surface area (Å²) in [6, 6.07) is 4.28. The minimum absolute atomic E-state index is 0.0165. The summed E-state index contributed by atoms with van der Waals surface area (Å²) >= 11 is 0. The maximum atomic E-state index is 13.3. The highest BCUT2D eigenvalue weighted by atomic mass is 16.6. The predicted octanol–water partition coefficient (Wildman–Crippen LogP) is 3.67. The van der Waals surface area contributed by atoms with E-state index in [1.165, 1.54) is 30.0 Å². The molecule has 0 aliphatic rings. The van der Waals surface area contributed by atoms with Gasteiger partial charge in [0.1, 0.15) is 23.4 Å². The zero-order valence-corrected chi connectivity index (χ0v) is 19.8. The van der Waals surface area contributed by atoms with Gasteiger partial charge in [0.05, 0.1) is 0 Å². The Balaban J connectivity index is 3.16. The van der Waals surface area contributed by atoms with Crippen molar-refractivity contribution in [2.75, 3.05) is 13.1 Å². The van der Waals surface area contributed by atoms with Crippen LogP contribution in [0.5, 0.6) is 5.75 Å². The van der Waals surface area contributed by atoms with Gasteiger partial charge in [0.25, 0.3) is 0 Å². The van der Waals surface area contributed by atoms with Gasteiger partial charge in [-0.3, -0.25) is 9.59 Å². The zero-order chi connectivity index (χ0) is 24.3. The fourth-order valence-corrected chi connectivity index (χ4v) is 3.11. The topological polar surface area (TPSA) is 108 Å². The SMILES string of the molecule is C=CCN(C(=O)C(C)NC(=O)OC(C)(C)C)C(C(=O)NCCCCC)c1cccc(O)c1. The van der Waals surface area contributed by atoms with Crippen LogP contribution in [0.2, 0.25) is 0 Å². The highest BCUT2D eigenvalue weighted by Crippen LogP contribution is 2.25. The van der Waals surface area contributed by atoms with Crippen molar-refractivity contribution >= 4 is 17.9 Å². The lowest BCUT2D eigenvalue weighted by Crippen LogP contribution is -2.52. The summed E-state index contributed by atoms with van der Waals surface area (Å²) in [7, 11) is 0. The van der Waals surface area contributed by atoms with E-state index in [2.05, 4.69) is 24.1 Å². The highest BCUT2D eigenvalue weighted by Gasteiger charge is 2.34. The Morgan fingerprint density at radius 3 is 2.50 bits per heavy atom. The molecule has 0 spiro atoms. The van der Waals surface area contributed by atoms with E-state index < -0.39 is 29.7 Å². The Kier molecular flexibility index (Phi) is 10.7. The molecule has 0 fully saturated rings. The number of alkyl carbamates (subject to hydrolysis) is 1. The molecular weight excluding hydrogens is 410 g/mol. The number of ether oxygens (including phenoxy) is 1. The number of nitrogens with one attached hydrogen (secondary N) is 2. The summed E-state index contributed by atoms with van der Waals surface area (Å²) in [6.45, 7) is 13.0. The molecule has 3 amide bonds. The first-order valence-corrected chi connectivity index (χ1v) is 11.0. The molecule has 178 valence electrons. The highest BCUT2D eigenvalue weighted by molar-refractivity contribution is 5.92. The molecule has 2 atom stereocenters. The summed E-state index contributed by atoms with van der Waals surface area (Å²) < 4.78 is 5.23. The maximum absolute atomic E-state index is 13.3. The van der Waals surface area contributed by atoms with Crippen molar-refractivity contribution in [3.8, 4) is 5.75 Å². The number of rotatable bonds is 11. The van der Waals surface area contributed by atoms with Gasteiger partial charge in [-0.15, -0.1) is 6.58 Å². The van der Waals surface area contributed by atoms with Gasteiger partial charge in [0.2, 0.25) is 11.8 Å². The number of unbranched alkanes of at least 4 members (excludes halogenated alkanes) is 2. The Morgan fingerprint density at radius 2 is 1.94 bits per heavy atom. The van der Waals surface area contributed by atoms with Crippen molar-refractivity contribution in [1.82, 2.24) is 15.5 Å². The molecule has 0 heterocycles. The second kappa shape index (κ2) is 12.7. The van der Waals surface area contributed by atoms with Crippen molar-refractivity contribution in [1.29, 1.82) is 0 Å². The Morgan fingerprint density at radius 1 is 1.25 bits per heavy atom. The molecule has 2 unspecified atom stereocenters. The second-order valence-corrected chi connectivity index (χ2v) is 8.64. The van der Waals surface area contributed by atoms with Crippen LogP contribution in [0, 0.1) is 0 Å². The number of hydrogen-bond donors (Lipinski definition) is 3. The molecule has 0 aliphatic heterocycles. The van der Waals surface area contributed by atoms with E-state index in [1.807, 2.05) is 0 Å². The third kappa shape index (κ3) is 8.99. The summed E-state index contributed by atoms with van der Waals surface area (Å²) in [5.74, 6) is -0.864. The zero-order valence-electron chi connectivity index (χ0n) is 19.8. The number of aromatic hydroxyl groups is 1. The number of phenolic OH excluding ortho intramolecular Hbond substituents is 1. The second-order valence-electron chi connectivity index (χ2n) is 8.64. The molecule has 0 aromatic heterocycles. The van der Waals surface area contributed by atoms with Crippen LogP contribution in [-0.2, 0) is 14.3 Å². The fourth-order valence-electron chi connectivity index (χ4n) is 3.11. The quantitative estimate of drug-likeness (QED) is 0.354. The van der Waals surface area contributed by atoms with Gasteiger partial charge >= 0.3 is 6.09 Å². The summed E-state index contributed by atoms with van der Waals surface area (Å²) in [5, 5.41) is 15.4. The van der Waals surface area contributed by atoms with E-state index in [1.54, 1.807) is 32.9 Å². The predicted molar refractivity (Wildman–Crippen MR) is 124 cm³/mol. The van der Waals surface area contributed by atoms with Gasteiger partial charge in [-0.2, -0.15) is 0 Å². The molecule has 1 rings (SSSR count). The van der Waals surface area contributed by atoms with Gasteiger partial charge in [-0.25, -0.2) is 4.79 Å². The van der Waals surface area contributed by atoms with E-state index >= 15 is 0 Å². The largest absolute Gasteiger partial charge is 0.508 e. The van der Waals surface area contributed by atoms with Crippen LogP contribution < -0.4 is 10.6 Å². The van der Waals surface area contributed by atoms with Crippen molar-refractivity contribution in [3.63, 3.8) is 0 Å². The Labute approximate surface area is 191 Å². The van der Waals surface area contributed by atoms with E-state index in [0.29, 0.717) is 12.1 Å². The van der Waals surface area contributed by atoms with Crippen LogP contribution in [-0.4, -0.2) is 52.6 Å². The van der Waals surface area contributed by atoms with Crippen molar-refractivity contribution in [2.45, 2.75) is 71.6 Å². The molecule has 0 saturated heterocycles. The van der Waals surface area contributed by atoms with E-state index in [0.717, 1.165) is 19.3 Å². The van der Waals surface area contributed by atoms with Crippen molar-refractivity contribution < 1.29 is 24.2 Å². The first-order valence-electron chi connectivity index (χ1n) is 11.0. The minimum Gasteiger partial charge on any atom is -0.508 e. The van der Waals surface area contributed by atoms with Gasteiger partial charge in [0.15, 0.2) is 0 Å². The number of amides is 3. The summed E-state index contributed by atoms with van der Waals surface area (Å²) in [6.07, 6.45) is 3.60. The molecule has 8 nitrogen and oxygen atoms in total. The smallest absolute Gasteiger partial charge is 0.408 e.